The van der Waals surface area contributed by atoms with Gasteiger partial charge < -0.3 is 5.32 Å². The number of thiazole rings is 1. The van der Waals surface area contributed by atoms with Crippen LogP contribution in [0.4, 0.5) is 14.5 Å². The van der Waals surface area contributed by atoms with Crippen LogP contribution in [0, 0.1) is 18.6 Å². The minimum Gasteiger partial charge on any atom is -0.319 e. The maximum absolute atomic E-state index is 13.6. The summed E-state index contributed by atoms with van der Waals surface area (Å²) in [7, 11) is 0. The van der Waals surface area contributed by atoms with Gasteiger partial charge in [-0.3, -0.25) is 4.79 Å². The number of amides is 1. The van der Waals surface area contributed by atoms with E-state index in [1.165, 1.54) is 28.7 Å². The molecule has 0 aliphatic heterocycles. The summed E-state index contributed by atoms with van der Waals surface area (Å²) in [5.41, 5.74) is 0.519. The zero-order valence-corrected chi connectivity index (χ0v) is 13.0. The van der Waals surface area contributed by atoms with E-state index in [-0.39, 0.29) is 5.69 Å². The molecule has 0 unspecified atom stereocenters. The van der Waals surface area contributed by atoms with Gasteiger partial charge in [0.2, 0.25) is 0 Å². The van der Waals surface area contributed by atoms with Gasteiger partial charge in [0.15, 0.2) is 0 Å². The Bertz CT molecular complexity index is 828. The Labute approximate surface area is 133 Å². The van der Waals surface area contributed by atoms with Crippen molar-refractivity contribution in [3.8, 4) is 9.88 Å². The van der Waals surface area contributed by atoms with Crippen LogP contribution < -0.4 is 5.32 Å². The van der Waals surface area contributed by atoms with Crippen LogP contribution in [0.5, 0.6) is 0 Å². The minimum atomic E-state index is -0.811. The van der Waals surface area contributed by atoms with Crippen LogP contribution in [0.1, 0.15) is 15.4 Å². The molecular weight excluding hydrogens is 326 g/mol. The fraction of sp³-hybridized carbons (Fsp3) is 0.0667. The average Bonchev–Trinajstić information content (AvgIpc) is 3.10. The topological polar surface area (TPSA) is 42.0 Å². The molecule has 2 heterocycles. The second kappa shape index (κ2) is 5.94. The summed E-state index contributed by atoms with van der Waals surface area (Å²) in [6.45, 7) is 1.73. The number of carbonyl (C=O) groups is 1. The predicted octanol–water partition coefficient (Wildman–Crippen LogP) is 4.71. The molecule has 1 amide bonds. The number of anilines is 1. The first-order valence-electron chi connectivity index (χ1n) is 6.32. The van der Waals surface area contributed by atoms with Crippen molar-refractivity contribution in [2.24, 2.45) is 0 Å². The second-order valence-electron chi connectivity index (χ2n) is 4.49. The van der Waals surface area contributed by atoms with E-state index in [9.17, 15) is 13.6 Å². The summed E-state index contributed by atoms with van der Waals surface area (Å²) in [4.78, 5) is 18.0. The fourth-order valence-electron chi connectivity index (χ4n) is 1.88. The Hall–Kier alpha value is -2.12. The number of nitrogens with one attached hydrogen (secondary N) is 1. The Morgan fingerprint density at radius 2 is 2.09 bits per heavy atom. The van der Waals surface area contributed by atoms with Crippen molar-refractivity contribution in [1.29, 1.82) is 0 Å². The number of benzene rings is 1. The monoisotopic (exact) mass is 336 g/mol. The minimum absolute atomic E-state index is 0.0585. The van der Waals surface area contributed by atoms with Gasteiger partial charge in [-0.2, -0.15) is 0 Å². The molecule has 0 bridgehead atoms. The van der Waals surface area contributed by atoms with Crippen LogP contribution >= 0.6 is 22.7 Å². The summed E-state index contributed by atoms with van der Waals surface area (Å²) >= 11 is 2.78. The highest BCUT2D eigenvalue weighted by atomic mass is 32.1. The third-order valence-electron chi connectivity index (χ3n) is 2.91. The summed E-state index contributed by atoms with van der Waals surface area (Å²) in [5, 5.41) is 5.12. The van der Waals surface area contributed by atoms with Crippen LogP contribution in [0.3, 0.4) is 0 Å². The first kappa shape index (κ1) is 14.8. The zero-order chi connectivity index (χ0) is 15.7. The number of hydrogen-bond acceptors (Lipinski definition) is 4. The molecule has 0 saturated carbocycles. The maximum Gasteiger partial charge on any atom is 0.267 e. The number of nitrogens with zero attached hydrogens (tertiary/aromatic N) is 1. The second-order valence-corrected chi connectivity index (χ2v) is 6.44. The van der Waals surface area contributed by atoms with Gasteiger partial charge in [0.05, 0.1) is 16.3 Å². The van der Waals surface area contributed by atoms with Gasteiger partial charge in [-0.25, -0.2) is 13.8 Å². The van der Waals surface area contributed by atoms with Crippen LogP contribution in [-0.4, -0.2) is 10.9 Å². The molecule has 3 rings (SSSR count). The molecule has 0 aliphatic rings. The molecule has 0 saturated heterocycles. The van der Waals surface area contributed by atoms with E-state index < -0.39 is 17.5 Å². The summed E-state index contributed by atoms with van der Waals surface area (Å²) in [6.07, 6.45) is 0. The Morgan fingerprint density at radius 3 is 2.77 bits per heavy atom. The van der Waals surface area contributed by atoms with Crippen LogP contribution in [0.15, 0.2) is 35.7 Å². The molecule has 0 aliphatic carbocycles. The SMILES string of the molecule is Cc1nc(-c2cccs2)sc1C(=O)Nc1ccc(F)cc1F. The Balaban J connectivity index is 1.86. The molecule has 3 nitrogen and oxygen atoms in total. The van der Waals surface area contributed by atoms with Gasteiger partial charge in [0, 0.05) is 6.07 Å². The van der Waals surface area contributed by atoms with Gasteiger partial charge in [-0.05, 0) is 30.5 Å². The van der Waals surface area contributed by atoms with Crippen molar-refractivity contribution in [2.75, 3.05) is 5.32 Å². The number of rotatable bonds is 3. The fourth-order valence-corrected chi connectivity index (χ4v) is 3.64. The zero-order valence-electron chi connectivity index (χ0n) is 11.4. The first-order valence-corrected chi connectivity index (χ1v) is 8.02. The van der Waals surface area contributed by atoms with E-state index >= 15 is 0 Å². The average molecular weight is 336 g/mol. The molecule has 0 fully saturated rings. The lowest BCUT2D eigenvalue weighted by Crippen LogP contribution is -2.12. The third kappa shape index (κ3) is 2.90. The highest BCUT2D eigenvalue weighted by molar-refractivity contribution is 7.22. The predicted molar refractivity (Wildman–Crippen MR) is 84.5 cm³/mol. The van der Waals surface area contributed by atoms with E-state index in [0.717, 1.165) is 22.0 Å². The number of aromatic nitrogens is 1. The van der Waals surface area contributed by atoms with Gasteiger partial charge in [0.25, 0.3) is 5.91 Å². The third-order valence-corrected chi connectivity index (χ3v) is 5.11. The molecule has 112 valence electrons. The first-order chi connectivity index (χ1) is 10.5. The van der Waals surface area contributed by atoms with E-state index in [4.69, 9.17) is 0 Å². The van der Waals surface area contributed by atoms with Crippen LogP contribution in [0.2, 0.25) is 0 Å². The van der Waals surface area contributed by atoms with Gasteiger partial charge in [0.1, 0.15) is 21.5 Å². The standard InChI is InChI=1S/C15H10F2N2OS2/c1-8-13(22-15(18-8)12-3-2-6-21-12)14(20)19-11-5-4-9(16)7-10(11)17/h2-7H,1H3,(H,19,20). The molecule has 0 spiro atoms. The van der Waals surface area contributed by atoms with Crippen molar-refractivity contribution >= 4 is 34.3 Å². The lowest BCUT2D eigenvalue weighted by Gasteiger charge is -2.05. The summed E-state index contributed by atoms with van der Waals surface area (Å²) in [6, 6.07) is 6.84. The van der Waals surface area contributed by atoms with Crippen molar-refractivity contribution in [1.82, 2.24) is 4.98 Å². The van der Waals surface area contributed by atoms with Crippen molar-refractivity contribution in [3.63, 3.8) is 0 Å². The number of hydrogen-bond donors (Lipinski definition) is 1. The van der Waals surface area contributed by atoms with Crippen molar-refractivity contribution < 1.29 is 13.6 Å². The molecule has 0 atom stereocenters. The lowest BCUT2D eigenvalue weighted by atomic mass is 10.3. The van der Waals surface area contributed by atoms with Gasteiger partial charge in [-0.1, -0.05) is 6.07 Å². The maximum atomic E-state index is 13.6. The van der Waals surface area contributed by atoms with Gasteiger partial charge >= 0.3 is 0 Å². The van der Waals surface area contributed by atoms with E-state index in [0.29, 0.717) is 10.6 Å². The molecule has 22 heavy (non-hydrogen) atoms. The molecule has 1 aromatic carbocycles. The smallest absolute Gasteiger partial charge is 0.267 e. The van der Waals surface area contributed by atoms with Crippen molar-refractivity contribution in [3.05, 3.63) is 57.9 Å². The summed E-state index contributed by atoms with van der Waals surface area (Å²) in [5.74, 6) is -1.96. The highest BCUT2D eigenvalue weighted by Gasteiger charge is 2.18. The summed E-state index contributed by atoms with van der Waals surface area (Å²) < 4.78 is 26.5. The Kier molecular flexibility index (Phi) is 4.00. The molecule has 1 N–H and O–H groups in total. The van der Waals surface area contributed by atoms with Gasteiger partial charge in [-0.15, -0.1) is 22.7 Å². The molecule has 3 aromatic rings. The molecule has 0 radical (unpaired) electrons. The normalized spacial score (nSPS) is 10.7. The lowest BCUT2D eigenvalue weighted by molar-refractivity contribution is 0.102. The highest BCUT2D eigenvalue weighted by Crippen LogP contribution is 2.31. The number of aryl methyl sites for hydroxylation is 1. The quantitative estimate of drug-likeness (QED) is 0.752. The number of halogens is 2. The van der Waals surface area contributed by atoms with Crippen molar-refractivity contribution in [2.45, 2.75) is 6.92 Å². The molecule has 7 heteroatoms. The van der Waals surface area contributed by atoms with Crippen LogP contribution in [0.25, 0.3) is 9.88 Å². The number of carbonyl (C=O) groups excluding carboxylic acids is 1. The van der Waals surface area contributed by atoms with E-state index in [1.54, 1.807) is 6.92 Å². The van der Waals surface area contributed by atoms with E-state index in [2.05, 4.69) is 10.3 Å². The largest absolute Gasteiger partial charge is 0.319 e. The molecule has 2 aromatic heterocycles. The number of thiophene rings is 1. The van der Waals surface area contributed by atoms with Crippen LogP contribution in [-0.2, 0) is 0 Å². The van der Waals surface area contributed by atoms with E-state index in [1.807, 2.05) is 17.5 Å². The Morgan fingerprint density at radius 1 is 1.27 bits per heavy atom. The molecular formula is C15H10F2N2OS2.